The lowest BCUT2D eigenvalue weighted by Crippen LogP contribution is -2.62. The molecule has 1 fully saturated rings. The van der Waals surface area contributed by atoms with Gasteiger partial charge in [-0.3, -0.25) is 0 Å². The molecule has 1 aliphatic heterocycles. The molecule has 1 saturated heterocycles. The first-order valence-electron chi connectivity index (χ1n) is 5.28. The van der Waals surface area contributed by atoms with Gasteiger partial charge in [-0.15, -0.1) is 0 Å². The Kier molecular flexibility index (Phi) is 3.66. The summed E-state index contributed by atoms with van der Waals surface area (Å²) in [5.41, 5.74) is -1.77. The van der Waals surface area contributed by atoms with Crippen LogP contribution in [0.5, 0.6) is 0 Å². The van der Waals surface area contributed by atoms with Crippen molar-refractivity contribution >= 4 is 0 Å². The van der Waals surface area contributed by atoms with Crippen molar-refractivity contribution in [2.45, 2.75) is 57.5 Å². The summed E-state index contributed by atoms with van der Waals surface area (Å²) in [6.07, 6.45) is -4.93. The van der Waals surface area contributed by atoms with Gasteiger partial charge in [0, 0.05) is 12.8 Å². The number of hydrogen-bond acceptors (Lipinski definition) is 2. The van der Waals surface area contributed by atoms with E-state index in [0.717, 1.165) is 0 Å². The lowest BCUT2D eigenvalue weighted by molar-refractivity contribution is -0.233. The van der Waals surface area contributed by atoms with Gasteiger partial charge in [0.2, 0.25) is 0 Å². The highest BCUT2D eigenvalue weighted by Crippen LogP contribution is 2.41. The van der Waals surface area contributed by atoms with Crippen molar-refractivity contribution in [1.82, 2.24) is 5.32 Å². The first-order valence-corrected chi connectivity index (χ1v) is 5.28. The van der Waals surface area contributed by atoms with E-state index < -0.39 is 11.7 Å². The van der Waals surface area contributed by atoms with Gasteiger partial charge in [0.25, 0.3) is 0 Å². The monoisotopic (exact) mass is 225 g/mol. The Morgan fingerprint density at radius 2 is 1.73 bits per heavy atom. The zero-order valence-corrected chi connectivity index (χ0v) is 9.32. The number of ether oxygens (including phenoxy) is 1. The van der Waals surface area contributed by atoms with Crippen molar-refractivity contribution in [3.8, 4) is 0 Å². The van der Waals surface area contributed by atoms with E-state index >= 15 is 0 Å². The van der Waals surface area contributed by atoms with Crippen LogP contribution >= 0.6 is 0 Å². The maximum absolute atomic E-state index is 13.0. The summed E-state index contributed by atoms with van der Waals surface area (Å²) in [7, 11) is 0. The predicted molar refractivity (Wildman–Crippen MR) is 51.7 cm³/mol. The van der Waals surface area contributed by atoms with Crippen LogP contribution in [0.25, 0.3) is 0 Å². The fourth-order valence-corrected chi connectivity index (χ4v) is 2.37. The second-order valence-electron chi connectivity index (χ2n) is 4.28. The molecular weight excluding hydrogens is 207 g/mol. The molecule has 1 aliphatic rings. The summed E-state index contributed by atoms with van der Waals surface area (Å²) in [6.45, 7) is 5.39. The second-order valence-corrected chi connectivity index (χ2v) is 4.28. The number of hydrogen-bond donors (Lipinski definition) is 1. The van der Waals surface area contributed by atoms with Crippen molar-refractivity contribution < 1.29 is 17.9 Å². The number of alkyl halides is 3. The van der Waals surface area contributed by atoms with E-state index in [1.807, 2.05) is 0 Å². The Morgan fingerprint density at radius 1 is 1.27 bits per heavy atom. The molecule has 2 unspecified atom stereocenters. The topological polar surface area (TPSA) is 21.3 Å². The summed E-state index contributed by atoms with van der Waals surface area (Å²) in [5, 5.41) is 2.59. The molecule has 0 radical (unpaired) electrons. The van der Waals surface area contributed by atoms with Gasteiger partial charge in [-0.05, 0) is 20.4 Å². The third kappa shape index (κ3) is 2.64. The van der Waals surface area contributed by atoms with Gasteiger partial charge in [-0.1, -0.05) is 6.92 Å². The molecule has 0 bridgehead atoms. The van der Waals surface area contributed by atoms with Crippen LogP contribution in [0.3, 0.4) is 0 Å². The van der Waals surface area contributed by atoms with Crippen LogP contribution in [0, 0.1) is 0 Å². The van der Waals surface area contributed by atoms with Gasteiger partial charge in [-0.2, -0.15) is 13.2 Å². The van der Waals surface area contributed by atoms with E-state index in [0.29, 0.717) is 6.54 Å². The van der Waals surface area contributed by atoms with Crippen molar-refractivity contribution in [3.05, 3.63) is 0 Å². The molecule has 0 amide bonds. The third-order valence-electron chi connectivity index (χ3n) is 2.79. The van der Waals surface area contributed by atoms with Crippen LogP contribution in [0.1, 0.15) is 33.6 Å². The van der Waals surface area contributed by atoms with Crippen LogP contribution < -0.4 is 5.32 Å². The van der Waals surface area contributed by atoms with Crippen molar-refractivity contribution in [3.63, 3.8) is 0 Å². The normalized spacial score (nSPS) is 38.0. The lowest BCUT2D eigenvalue weighted by atomic mass is 9.83. The average molecular weight is 225 g/mol. The first kappa shape index (κ1) is 12.8. The molecule has 0 aliphatic carbocycles. The minimum Gasteiger partial charge on any atom is -0.375 e. The molecule has 0 spiro atoms. The van der Waals surface area contributed by atoms with Crippen molar-refractivity contribution in [1.29, 1.82) is 0 Å². The molecule has 1 N–H and O–H groups in total. The Bertz CT molecular complexity index is 207. The van der Waals surface area contributed by atoms with Crippen LogP contribution in [-0.2, 0) is 4.74 Å². The maximum Gasteiger partial charge on any atom is 0.406 e. The molecule has 2 nitrogen and oxygen atoms in total. The number of rotatable bonds is 2. The predicted octanol–water partition coefficient (Wildman–Crippen LogP) is 2.48. The number of nitrogens with one attached hydrogen (secondary N) is 1. The highest BCUT2D eigenvalue weighted by molar-refractivity contribution is 5.00. The van der Waals surface area contributed by atoms with Gasteiger partial charge in [0.05, 0.1) is 12.2 Å². The van der Waals surface area contributed by atoms with Crippen LogP contribution in [-0.4, -0.2) is 30.5 Å². The number of halogens is 3. The highest BCUT2D eigenvalue weighted by Gasteiger charge is 2.57. The summed E-state index contributed by atoms with van der Waals surface area (Å²) < 4.78 is 44.4. The standard InChI is InChI=1S/C10H18F3NO/c1-4-14-9(10(11,12)13)5-7(2)15-8(3)6-9/h7-8,14H,4-6H2,1-3H3. The summed E-state index contributed by atoms with van der Waals surface area (Å²) in [5.74, 6) is 0. The van der Waals surface area contributed by atoms with E-state index in [1.165, 1.54) is 0 Å². The Hall–Kier alpha value is -0.290. The first-order chi connectivity index (χ1) is 6.81. The lowest BCUT2D eigenvalue weighted by Gasteiger charge is -2.44. The van der Waals surface area contributed by atoms with E-state index in [-0.39, 0.29) is 25.0 Å². The molecule has 0 aromatic heterocycles. The molecule has 0 aromatic carbocycles. The molecule has 2 atom stereocenters. The molecule has 15 heavy (non-hydrogen) atoms. The Labute approximate surface area is 88.2 Å². The summed E-state index contributed by atoms with van der Waals surface area (Å²) in [4.78, 5) is 0. The molecular formula is C10H18F3NO. The highest BCUT2D eigenvalue weighted by atomic mass is 19.4. The smallest absolute Gasteiger partial charge is 0.375 e. The molecule has 0 aromatic rings. The fourth-order valence-electron chi connectivity index (χ4n) is 2.37. The minimum atomic E-state index is -4.21. The second kappa shape index (κ2) is 4.29. The van der Waals surface area contributed by atoms with Crippen molar-refractivity contribution in [2.75, 3.05) is 6.54 Å². The van der Waals surface area contributed by atoms with Crippen LogP contribution in [0.2, 0.25) is 0 Å². The Morgan fingerprint density at radius 3 is 2.07 bits per heavy atom. The average Bonchev–Trinajstić information content (AvgIpc) is 1.99. The van der Waals surface area contributed by atoms with Gasteiger partial charge in [0.15, 0.2) is 0 Å². The SMILES string of the molecule is CCNC1(C(F)(F)F)CC(C)OC(C)C1. The zero-order chi connectivity index (χ0) is 11.7. The van der Waals surface area contributed by atoms with Gasteiger partial charge < -0.3 is 10.1 Å². The van der Waals surface area contributed by atoms with E-state index in [9.17, 15) is 13.2 Å². The van der Waals surface area contributed by atoms with Gasteiger partial charge >= 0.3 is 6.18 Å². The molecule has 1 rings (SSSR count). The van der Waals surface area contributed by atoms with Crippen molar-refractivity contribution in [2.24, 2.45) is 0 Å². The molecule has 90 valence electrons. The fraction of sp³-hybridized carbons (Fsp3) is 1.00. The summed E-state index contributed by atoms with van der Waals surface area (Å²) >= 11 is 0. The van der Waals surface area contributed by atoms with Gasteiger partial charge in [0.1, 0.15) is 5.54 Å². The summed E-state index contributed by atoms with van der Waals surface area (Å²) in [6, 6.07) is 0. The van der Waals surface area contributed by atoms with E-state index in [1.54, 1.807) is 20.8 Å². The quantitative estimate of drug-likeness (QED) is 0.779. The molecule has 1 heterocycles. The molecule has 5 heteroatoms. The van der Waals surface area contributed by atoms with Crippen LogP contribution in [0.15, 0.2) is 0 Å². The third-order valence-corrected chi connectivity index (χ3v) is 2.79. The zero-order valence-electron chi connectivity index (χ0n) is 9.32. The Balaban J connectivity index is 2.89. The van der Waals surface area contributed by atoms with Gasteiger partial charge in [-0.25, -0.2) is 0 Å². The van der Waals surface area contributed by atoms with E-state index in [2.05, 4.69) is 5.32 Å². The maximum atomic E-state index is 13.0. The molecule has 0 saturated carbocycles. The van der Waals surface area contributed by atoms with E-state index in [4.69, 9.17) is 4.74 Å². The minimum absolute atomic E-state index is 0.00528. The largest absolute Gasteiger partial charge is 0.406 e. The van der Waals surface area contributed by atoms with Crippen LogP contribution in [0.4, 0.5) is 13.2 Å².